The maximum Gasteiger partial charge on any atom is 0.256 e. The van der Waals surface area contributed by atoms with E-state index in [-0.39, 0.29) is 40.5 Å². The zero-order valence-corrected chi connectivity index (χ0v) is 76.7. The molecular formula is C123H107B2N3O. The molecule has 0 aromatic heterocycles. The Hall–Kier alpha value is -13.9. The van der Waals surface area contributed by atoms with Crippen LogP contribution in [0.4, 0.5) is 51.2 Å². The van der Waals surface area contributed by atoms with Crippen LogP contribution in [0.15, 0.2) is 376 Å². The smallest absolute Gasteiger partial charge is 0.256 e. The van der Waals surface area contributed by atoms with Crippen LogP contribution in [0.1, 0.15) is 154 Å². The zero-order valence-electron chi connectivity index (χ0n) is 76.7. The molecule has 5 aliphatic rings. The van der Waals surface area contributed by atoms with Gasteiger partial charge >= 0.3 is 0 Å². The number of nitrogens with zero attached hydrogens (tertiary/aromatic N) is 3. The van der Waals surface area contributed by atoms with Crippen molar-refractivity contribution in [2.45, 2.75) is 136 Å². The van der Waals surface area contributed by atoms with Crippen molar-refractivity contribution in [2.24, 2.45) is 0 Å². The van der Waals surface area contributed by atoms with E-state index in [0.29, 0.717) is 0 Å². The molecule has 4 aliphatic heterocycles. The molecule has 0 saturated carbocycles. The summed E-state index contributed by atoms with van der Waals surface area (Å²) in [4.78, 5) is 8.05. The second-order valence-electron chi connectivity index (χ2n) is 41.5. The Morgan fingerprint density at radius 3 is 1.08 bits per heavy atom. The van der Waals surface area contributed by atoms with E-state index >= 15 is 0 Å². The molecule has 0 saturated heterocycles. The second-order valence-corrected chi connectivity index (χ2v) is 41.5. The third-order valence-corrected chi connectivity index (χ3v) is 28.3. The van der Waals surface area contributed by atoms with Crippen LogP contribution in [0, 0.1) is 0 Å². The fourth-order valence-corrected chi connectivity index (χ4v) is 21.7. The Labute approximate surface area is 763 Å². The topological polar surface area (TPSA) is 19.0 Å². The number of para-hydroxylation sites is 2. The Morgan fingerprint density at radius 2 is 0.605 bits per heavy atom. The minimum absolute atomic E-state index is 0.0840. The monoisotopic (exact) mass is 1660 g/mol. The van der Waals surface area contributed by atoms with Crippen LogP contribution >= 0.6 is 0 Å². The number of anilines is 9. The van der Waals surface area contributed by atoms with E-state index in [1.54, 1.807) is 0 Å². The highest BCUT2D eigenvalue weighted by molar-refractivity contribution is 7.02. The third kappa shape index (κ3) is 13.2. The summed E-state index contributed by atoms with van der Waals surface area (Å²) in [5, 5.41) is 0. The van der Waals surface area contributed by atoms with E-state index in [1.165, 1.54) is 83.0 Å². The molecule has 4 nitrogen and oxygen atoms in total. The van der Waals surface area contributed by atoms with Crippen LogP contribution in [0.3, 0.4) is 0 Å². The minimum atomic E-state index is -0.708. The molecule has 17 aromatic carbocycles. The van der Waals surface area contributed by atoms with Gasteiger partial charge in [0.15, 0.2) is 0 Å². The van der Waals surface area contributed by atoms with Gasteiger partial charge in [0.2, 0.25) is 0 Å². The number of benzene rings is 17. The molecule has 0 N–H and O–H groups in total. The van der Waals surface area contributed by atoms with Gasteiger partial charge in [-0.25, -0.2) is 0 Å². The van der Waals surface area contributed by atoms with E-state index in [9.17, 15) is 0 Å². The molecule has 6 heteroatoms. The molecule has 17 aromatic rings. The molecule has 129 heavy (non-hydrogen) atoms. The molecule has 0 amide bonds. The molecule has 0 spiro atoms. The lowest BCUT2D eigenvalue weighted by molar-refractivity contribution is 0.488. The van der Waals surface area contributed by atoms with Crippen molar-refractivity contribution in [3.05, 3.63) is 426 Å². The molecule has 0 fully saturated rings. The minimum Gasteiger partial charge on any atom is -0.458 e. The first-order valence-corrected chi connectivity index (χ1v) is 46.2. The van der Waals surface area contributed by atoms with E-state index in [1.807, 2.05) is 0 Å². The summed E-state index contributed by atoms with van der Waals surface area (Å²) in [7, 11) is 0. The number of hydrogen-bond donors (Lipinski definition) is 0. The lowest BCUT2D eigenvalue weighted by Crippen LogP contribution is -2.64. The first-order chi connectivity index (χ1) is 62.2. The Kier molecular flexibility index (Phi) is 18.9. The van der Waals surface area contributed by atoms with Gasteiger partial charge in [0.25, 0.3) is 13.4 Å². The summed E-state index contributed by atoms with van der Waals surface area (Å²) in [5.74, 6) is 1.65. The van der Waals surface area contributed by atoms with E-state index in [0.717, 1.165) is 140 Å². The van der Waals surface area contributed by atoms with Gasteiger partial charge in [-0.2, -0.15) is 0 Å². The SMILES string of the molecule is CC(C)(C)c1ccc(-c2cc3c4c(c2)N(c2c(-c5ccccc5)cc(C(C)(C)C)cc2-c2ccccc2)c2cc5c(cc2B4c2ccccc2N3c2c(-c3ccccc3)cc(C(C)(C)C)cc2-c2ccccc2)B2c3ccccc3N(c3cc(C(C)(C)C)cc(C(C)(C)C)c3)c3cc(-c4cccc6c4C(c4ccccc4)(c4ccccc4)c4ccccc4-6)cc(c32)O5)cc1. The Morgan fingerprint density at radius 1 is 0.225 bits per heavy atom. The summed E-state index contributed by atoms with van der Waals surface area (Å²) >= 11 is 0. The van der Waals surface area contributed by atoms with Crippen LogP contribution in [0.2, 0.25) is 0 Å². The van der Waals surface area contributed by atoms with Crippen LogP contribution in [-0.4, -0.2) is 13.4 Å². The first kappa shape index (κ1) is 80.9. The summed E-state index contributed by atoms with van der Waals surface area (Å²) < 4.78 is 8.44. The fourth-order valence-electron chi connectivity index (χ4n) is 21.7. The van der Waals surface area contributed by atoms with Gasteiger partial charge in [-0.1, -0.05) is 401 Å². The van der Waals surface area contributed by atoms with Crippen molar-refractivity contribution in [2.75, 3.05) is 14.7 Å². The van der Waals surface area contributed by atoms with Gasteiger partial charge in [0, 0.05) is 68.1 Å². The third-order valence-electron chi connectivity index (χ3n) is 28.3. The zero-order chi connectivity index (χ0) is 88.5. The predicted molar refractivity (Wildman–Crippen MR) is 550 cm³/mol. The molecule has 626 valence electrons. The van der Waals surface area contributed by atoms with Crippen molar-refractivity contribution in [1.29, 1.82) is 0 Å². The quantitative estimate of drug-likeness (QED) is 0.120. The van der Waals surface area contributed by atoms with E-state index in [2.05, 4.69) is 495 Å². The predicted octanol–water partition coefficient (Wildman–Crippen LogP) is 29.0. The lowest BCUT2D eigenvalue weighted by Gasteiger charge is -2.47. The number of rotatable bonds is 11. The van der Waals surface area contributed by atoms with Gasteiger partial charge in [-0.05, 0) is 238 Å². The van der Waals surface area contributed by atoms with Crippen LogP contribution in [0.25, 0.3) is 77.9 Å². The molecule has 1 aliphatic carbocycles. The van der Waals surface area contributed by atoms with E-state index < -0.39 is 5.41 Å². The van der Waals surface area contributed by atoms with Crippen molar-refractivity contribution >= 4 is 97.4 Å². The van der Waals surface area contributed by atoms with Crippen LogP contribution in [-0.2, 0) is 32.5 Å². The van der Waals surface area contributed by atoms with Gasteiger partial charge in [0.05, 0.1) is 16.8 Å². The highest BCUT2D eigenvalue weighted by atomic mass is 16.5. The number of ether oxygens (including phenoxy) is 1. The van der Waals surface area contributed by atoms with Crippen LogP contribution in [0.5, 0.6) is 11.5 Å². The summed E-state index contributed by atoms with van der Waals surface area (Å²) in [6.07, 6.45) is 0. The lowest BCUT2D eigenvalue weighted by atomic mass is 9.30. The highest BCUT2D eigenvalue weighted by Crippen LogP contribution is 2.61. The number of fused-ring (bicyclic) bond motifs is 11. The van der Waals surface area contributed by atoms with Gasteiger partial charge in [-0.15, -0.1) is 0 Å². The largest absolute Gasteiger partial charge is 0.458 e. The molecule has 4 heterocycles. The van der Waals surface area contributed by atoms with Crippen molar-refractivity contribution < 1.29 is 4.74 Å². The Bertz CT molecular complexity index is 7140. The van der Waals surface area contributed by atoms with Crippen molar-refractivity contribution in [3.63, 3.8) is 0 Å². The van der Waals surface area contributed by atoms with Crippen molar-refractivity contribution in [3.8, 4) is 89.4 Å². The van der Waals surface area contributed by atoms with Crippen LogP contribution < -0.4 is 52.2 Å². The molecule has 22 rings (SSSR count). The Balaban J connectivity index is 0.888. The van der Waals surface area contributed by atoms with E-state index in [4.69, 9.17) is 4.74 Å². The van der Waals surface area contributed by atoms with Gasteiger partial charge in [-0.3, -0.25) is 0 Å². The maximum absolute atomic E-state index is 8.44. The molecule has 0 atom stereocenters. The summed E-state index contributed by atoms with van der Waals surface area (Å²) in [5.41, 5.74) is 42.8. The molecular weight excluding hydrogens is 1560 g/mol. The normalized spacial score (nSPS) is 13.9. The molecule has 0 bridgehead atoms. The molecule has 0 radical (unpaired) electrons. The average Bonchev–Trinajstić information content (AvgIpc) is 1.65. The average molecular weight is 1660 g/mol. The summed E-state index contributed by atoms with van der Waals surface area (Å²) in [6, 6.07) is 145. The number of hydrogen-bond acceptors (Lipinski definition) is 4. The highest BCUT2D eigenvalue weighted by Gasteiger charge is 2.52. The molecule has 0 unspecified atom stereocenters. The van der Waals surface area contributed by atoms with Crippen molar-refractivity contribution in [1.82, 2.24) is 0 Å². The second kappa shape index (κ2) is 30.1. The van der Waals surface area contributed by atoms with Gasteiger partial charge < -0.3 is 19.4 Å². The summed E-state index contributed by atoms with van der Waals surface area (Å²) in [6.45, 7) is 34.7. The fraction of sp³-hybridized carbons (Fsp3) is 0.171. The van der Waals surface area contributed by atoms with Gasteiger partial charge in [0.1, 0.15) is 11.5 Å². The standard InChI is InChI=1S/C123H107B2N3O/c1-118(2,3)85-63-61-78(62-64-85)83-65-108-114-109(66-83)128(117-98(81-45-26-18-27-46-81)74-91(122(13,14)15)75-99(117)82-47-28-19-29-48-82)107-77-111-104(76-103(107)124(114)102-58-37-39-60-106(102)127(108)116-96(79-41-22-16-23-42-79)72-90(121(10,11)12)73-97(116)80-43-24-17-25-44-80)125-101-57-36-38-59-105(101)126(92-70-88(119(4,5)6)69-89(71-92)120(7,8)9)110-67-84(68-112(129-111)115(110)125)93-54-40-55-95-94-53-34-35-56-100(94)123(113(93)95,86-49-30-20-31-50-86)87-51-32-21-33-52-87/h16-77H,1-15H3. The maximum atomic E-state index is 8.44. The first-order valence-electron chi connectivity index (χ1n) is 46.2.